The lowest BCUT2D eigenvalue weighted by molar-refractivity contribution is -0.157. The maximum absolute atomic E-state index is 13.1. The molecule has 0 amide bonds. The van der Waals surface area contributed by atoms with Gasteiger partial charge >= 0.3 is 6.18 Å². The van der Waals surface area contributed by atoms with Crippen LogP contribution in [0, 0.1) is 20.8 Å². The molecule has 4 heteroatoms. The van der Waals surface area contributed by atoms with Crippen molar-refractivity contribution in [1.29, 1.82) is 0 Å². The van der Waals surface area contributed by atoms with E-state index in [1.165, 1.54) is 0 Å². The molecular formula is C14H20F3N. The number of hydrogen-bond acceptors (Lipinski definition) is 1. The SMILES string of the molecule is CCCNC(c1cc(C)c(C)cc1C)C(F)(F)F. The quantitative estimate of drug-likeness (QED) is 0.853. The summed E-state index contributed by atoms with van der Waals surface area (Å²) in [5.41, 5.74) is 2.93. The van der Waals surface area contributed by atoms with E-state index in [1.807, 2.05) is 26.8 Å². The second-order valence-electron chi connectivity index (χ2n) is 4.72. The van der Waals surface area contributed by atoms with Gasteiger partial charge in [0.2, 0.25) is 0 Å². The number of hydrogen-bond donors (Lipinski definition) is 1. The van der Waals surface area contributed by atoms with Gasteiger partial charge < -0.3 is 5.32 Å². The molecule has 0 heterocycles. The molecule has 0 aliphatic carbocycles. The maximum atomic E-state index is 13.1. The molecule has 1 aromatic rings. The summed E-state index contributed by atoms with van der Waals surface area (Å²) >= 11 is 0. The molecule has 0 spiro atoms. The van der Waals surface area contributed by atoms with Crippen molar-refractivity contribution in [3.63, 3.8) is 0 Å². The number of rotatable bonds is 4. The van der Waals surface area contributed by atoms with Crippen LogP contribution in [0.25, 0.3) is 0 Å². The second kappa shape index (κ2) is 5.74. The molecule has 0 saturated carbocycles. The van der Waals surface area contributed by atoms with Crippen LogP contribution < -0.4 is 5.32 Å². The third-order valence-corrected chi connectivity index (χ3v) is 3.12. The standard InChI is InChI=1S/C14H20F3N/c1-5-6-18-13(14(15,16)17)12-8-10(3)9(2)7-11(12)4/h7-8,13,18H,5-6H2,1-4H3. The Morgan fingerprint density at radius 3 is 2.11 bits per heavy atom. The minimum Gasteiger partial charge on any atom is -0.302 e. The lowest BCUT2D eigenvalue weighted by Crippen LogP contribution is -2.35. The fourth-order valence-electron chi connectivity index (χ4n) is 1.98. The second-order valence-corrected chi connectivity index (χ2v) is 4.72. The summed E-state index contributed by atoms with van der Waals surface area (Å²) in [5.74, 6) is 0. The Kier molecular flexibility index (Phi) is 4.79. The van der Waals surface area contributed by atoms with E-state index in [1.54, 1.807) is 13.0 Å². The molecule has 0 fully saturated rings. The van der Waals surface area contributed by atoms with Crippen molar-refractivity contribution < 1.29 is 13.2 Å². The van der Waals surface area contributed by atoms with Gasteiger partial charge in [0, 0.05) is 0 Å². The van der Waals surface area contributed by atoms with E-state index in [4.69, 9.17) is 0 Å². The van der Waals surface area contributed by atoms with Crippen molar-refractivity contribution in [2.24, 2.45) is 0 Å². The average molecular weight is 259 g/mol. The summed E-state index contributed by atoms with van der Waals surface area (Å²) in [6, 6.07) is 1.89. The van der Waals surface area contributed by atoms with E-state index >= 15 is 0 Å². The third kappa shape index (κ3) is 3.48. The van der Waals surface area contributed by atoms with Crippen molar-refractivity contribution in [2.45, 2.75) is 46.3 Å². The Morgan fingerprint density at radius 2 is 1.61 bits per heavy atom. The molecule has 1 aromatic carbocycles. The van der Waals surface area contributed by atoms with Gasteiger partial charge in [0.25, 0.3) is 0 Å². The van der Waals surface area contributed by atoms with Crippen molar-refractivity contribution in [1.82, 2.24) is 5.32 Å². The monoisotopic (exact) mass is 259 g/mol. The number of nitrogens with one attached hydrogen (secondary N) is 1. The van der Waals surface area contributed by atoms with E-state index in [9.17, 15) is 13.2 Å². The Bertz CT molecular complexity index is 410. The van der Waals surface area contributed by atoms with Gasteiger partial charge in [-0.3, -0.25) is 0 Å². The van der Waals surface area contributed by atoms with E-state index < -0.39 is 12.2 Å². The van der Waals surface area contributed by atoms with Crippen molar-refractivity contribution in [2.75, 3.05) is 6.54 Å². The first kappa shape index (κ1) is 15.0. The molecule has 1 nitrogen and oxygen atoms in total. The topological polar surface area (TPSA) is 12.0 Å². The van der Waals surface area contributed by atoms with Crippen LogP contribution in [0.3, 0.4) is 0 Å². The highest BCUT2D eigenvalue weighted by Gasteiger charge is 2.41. The van der Waals surface area contributed by atoms with Gasteiger partial charge in [0.15, 0.2) is 0 Å². The number of halogens is 3. The zero-order valence-electron chi connectivity index (χ0n) is 11.3. The fraction of sp³-hybridized carbons (Fsp3) is 0.571. The van der Waals surface area contributed by atoms with Crippen LogP contribution in [0.2, 0.25) is 0 Å². The summed E-state index contributed by atoms with van der Waals surface area (Å²) in [6.07, 6.45) is -3.59. The highest BCUT2D eigenvalue weighted by atomic mass is 19.4. The molecule has 1 N–H and O–H groups in total. The van der Waals surface area contributed by atoms with Crippen LogP contribution in [0.15, 0.2) is 12.1 Å². The first-order chi connectivity index (χ1) is 8.27. The molecular weight excluding hydrogens is 239 g/mol. The molecule has 0 radical (unpaired) electrons. The molecule has 0 saturated heterocycles. The van der Waals surface area contributed by atoms with E-state index in [0.29, 0.717) is 24.1 Å². The Labute approximate surface area is 106 Å². The lowest BCUT2D eigenvalue weighted by Gasteiger charge is -2.24. The third-order valence-electron chi connectivity index (χ3n) is 3.12. The van der Waals surface area contributed by atoms with Gasteiger partial charge in [-0.1, -0.05) is 19.1 Å². The van der Waals surface area contributed by atoms with Crippen LogP contribution in [-0.2, 0) is 0 Å². The van der Waals surface area contributed by atoms with Gasteiger partial charge in [0.1, 0.15) is 6.04 Å². The van der Waals surface area contributed by atoms with Gasteiger partial charge in [-0.05, 0) is 56.0 Å². The van der Waals surface area contributed by atoms with E-state index in [0.717, 1.165) is 11.1 Å². The predicted molar refractivity (Wildman–Crippen MR) is 67.7 cm³/mol. The molecule has 0 aliphatic heterocycles. The normalized spacial score (nSPS) is 13.7. The number of benzene rings is 1. The smallest absolute Gasteiger partial charge is 0.302 e. The number of alkyl halides is 3. The summed E-state index contributed by atoms with van der Waals surface area (Å²) < 4.78 is 39.2. The van der Waals surface area contributed by atoms with Crippen LogP contribution in [-0.4, -0.2) is 12.7 Å². The van der Waals surface area contributed by atoms with Gasteiger partial charge in [0.05, 0.1) is 0 Å². The summed E-state index contributed by atoms with van der Waals surface area (Å²) in [5, 5.41) is 2.59. The Morgan fingerprint density at radius 1 is 1.06 bits per heavy atom. The lowest BCUT2D eigenvalue weighted by atomic mass is 9.95. The van der Waals surface area contributed by atoms with Crippen molar-refractivity contribution in [3.05, 3.63) is 34.4 Å². The molecule has 1 unspecified atom stereocenters. The van der Waals surface area contributed by atoms with Crippen LogP contribution in [0.1, 0.15) is 41.6 Å². The number of aryl methyl sites for hydroxylation is 3. The van der Waals surface area contributed by atoms with Crippen LogP contribution >= 0.6 is 0 Å². The van der Waals surface area contributed by atoms with Gasteiger partial charge in [-0.15, -0.1) is 0 Å². The highest BCUT2D eigenvalue weighted by Crippen LogP contribution is 2.35. The molecule has 0 bridgehead atoms. The van der Waals surface area contributed by atoms with E-state index in [-0.39, 0.29) is 0 Å². The van der Waals surface area contributed by atoms with Gasteiger partial charge in [-0.25, -0.2) is 0 Å². The molecule has 18 heavy (non-hydrogen) atoms. The summed E-state index contributed by atoms with van der Waals surface area (Å²) in [4.78, 5) is 0. The zero-order chi connectivity index (χ0) is 13.9. The molecule has 0 aliphatic rings. The van der Waals surface area contributed by atoms with Crippen molar-refractivity contribution >= 4 is 0 Å². The van der Waals surface area contributed by atoms with E-state index in [2.05, 4.69) is 5.32 Å². The zero-order valence-corrected chi connectivity index (χ0v) is 11.3. The first-order valence-corrected chi connectivity index (χ1v) is 6.15. The van der Waals surface area contributed by atoms with Crippen LogP contribution in [0.5, 0.6) is 0 Å². The van der Waals surface area contributed by atoms with Gasteiger partial charge in [-0.2, -0.15) is 13.2 Å². The average Bonchev–Trinajstić information content (AvgIpc) is 2.24. The first-order valence-electron chi connectivity index (χ1n) is 6.15. The fourth-order valence-corrected chi connectivity index (χ4v) is 1.98. The molecule has 1 atom stereocenters. The largest absolute Gasteiger partial charge is 0.407 e. The molecule has 1 rings (SSSR count). The summed E-state index contributed by atoms with van der Waals surface area (Å²) in [6.45, 7) is 7.69. The van der Waals surface area contributed by atoms with Crippen LogP contribution in [0.4, 0.5) is 13.2 Å². The maximum Gasteiger partial charge on any atom is 0.407 e. The molecule has 0 aromatic heterocycles. The van der Waals surface area contributed by atoms with Crippen molar-refractivity contribution in [3.8, 4) is 0 Å². The summed E-state index contributed by atoms with van der Waals surface area (Å²) in [7, 11) is 0. The molecule has 102 valence electrons. The predicted octanol–water partition coefficient (Wildman–Crippen LogP) is 4.21. The minimum absolute atomic E-state index is 0.332. The Hall–Kier alpha value is -1.03. The highest BCUT2D eigenvalue weighted by molar-refractivity contribution is 5.38. The Balaban J connectivity index is 3.16. The minimum atomic E-state index is -4.26.